The number of amides is 2. The number of unbranched alkanes of at least 4 members (excludes halogenated alkanes) is 2. The van der Waals surface area contributed by atoms with Gasteiger partial charge < -0.3 is 15.5 Å². The van der Waals surface area contributed by atoms with Gasteiger partial charge in [-0.2, -0.15) is 0 Å². The maximum Gasteiger partial charge on any atom is 0.220 e. The summed E-state index contributed by atoms with van der Waals surface area (Å²) >= 11 is 0. The highest BCUT2D eigenvalue weighted by Crippen LogP contribution is 1.96. The Hall–Kier alpha value is -1.62. The molecule has 0 atom stereocenters. The molecule has 5 heteroatoms. The Balaban J connectivity index is 3.57. The summed E-state index contributed by atoms with van der Waals surface area (Å²) in [4.78, 5) is 25.5. The monoisotopic (exact) mass is 365 g/mol. The van der Waals surface area contributed by atoms with Gasteiger partial charge in [0.25, 0.3) is 0 Å². The predicted octanol–water partition coefficient (Wildman–Crippen LogP) is 3.42. The Bertz CT molecular complexity index is 381. The first-order valence-corrected chi connectivity index (χ1v) is 10.1. The fourth-order valence-electron chi connectivity index (χ4n) is 2.29. The summed E-state index contributed by atoms with van der Waals surface area (Å²) in [6, 6.07) is 0. The van der Waals surface area contributed by atoms with Gasteiger partial charge in [-0.05, 0) is 32.7 Å². The predicted molar refractivity (Wildman–Crippen MR) is 110 cm³/mol. The van der Waals surface area contributed by atoms with E-state index in [2.05, 4.69) is 53.7 Å². The summed E-state index contributed by atoms with van der Waals surface area (Å²) in [7, 11) is 2.00. The average Bonchev–Trinajstić information content (AvgIpc) is 2.61. The van der Waals surface area contributed by atoms with Crippen molar-refractivity contribution in [1.29, 1.82) is 0 Å². The van der Waals surface area contributed by atoms with Crippen molar-refractivity contribution in [3.8, 4) is 0 Å². The molecule has 2 amide bonds. The molecular weight excluding hydrogens is 326 g/mol. The van der Waals surface area contributed by atoms with Crippen molar-refractivity contribution in [3.05, 3.63) is 24.3 Å². The molecule has 0 rings (SSSR count). The minimum atomic E-state index is 0.101. The van der Waals surface area contributed by atoms with Crippen LogP contribution in [-0.4, -0.2) is 49.9 Å². The molecule has 0 aliphatic heterocycles. The van der Waals surface area contributed by atoms with Crippen LogP contribution in [0.1, 0.15) is 65.2 Å². The molecule has 0 aliphatic rings. The highest BCUT2D eigenvalue weighted by Gasteiger charge is 2.03. The van der Waals surface area contributed by atoms with Crippen LogP contribution in [0, 0.1) is 0 Å². The third-order valence-corrected chi connectivity index (χ3v) is 3.95. The number of rotatable bonds is 16. The second-order valence-corrected chi connectivity index (χ2v) is 6.60. The molecule has 0 bridgehead atoms. The number of likely N-dealkylation sites (N-methyl/N-ethyl adjacent to an activating group) is 1. The van der Waals surface area contributed by atoms with Crippen molar-refractivity contribution >= 4 is 11.8 Å². The van der Waals surface area contributed by atoms with E-state index in [4.69, 9.17) is 0 Å². The number of carbonyl (C=O) groups is 2. The second-order valence-electron chi connectivity index (χ2n) is 6.60. The number of hydrogen-bond donors (Lipinski definition) is 2. The van der Waals surface area contributed by atoms with Crippen LogP contribution < -0.4 is 10.6 Å². The number of allylic oxidation sites excluding steroid dienone is 4. The summed E-state index contributed by atoms with van der Waals surface area (Å²) in [6.07, 6.45) is 15.6. The minimum absolute atomic E-state index is 0.101. The molecule has 0 fully saturated rings. The van der Waals surface area contributed by atoms with E-state index in [0.717, 1.165) is 51.6 Å². The topological polar surface area (TPSA) is 61.4 Å². The summed E-state index contributed by atoms with van der Waals surface area (Å²) in [5.41, 5.74) is 0. The number of carbonyl (C=O) groups excluding carboxylic acids is 2. The SMILES string of the molecule is CCC/C=C/CCC(=O)NCCN(C)CCNC(=O)CC/C=C/CCC. The zero-order chi connectivity index (χ0) is 19.5. The van der Waals surface area contributed by atoms with Gasteiger partial charge in [-0.1, -0.05) is 51.0 Å². The molecule has 0 aromatic heterocycles. The second kappa shape index (κ2) is 18.2. The first-order valence-electron chi connectivity index (χ1n) is 10.1. The normalized spacial score (nSPS) is 11.5. The fraction of sp³-hybridized carbons (Fsp3) is 0.714. The quantitative estimate of drug-likeness (QED) is 0.412. The molecule has 150 valence electrons. The van der Waals surface area contributed by atoms with Gasteiger partial charge >= 0.3 is 0 Å². The van der Waals surface area contributed by atoms with E-state index >= 15 is 0 Å². The van der Waals surface area contributed by atoms with E-state index in [0.29, 0.717) is 25.9 Å². The smallest absolute Gasteiger partial charge is 0.220 e. The van der Waals surface area contributed by atoms with Gasteiger partial charge in [0.1, 0.15) is 0 Å². The van der Waals surface area contributed by atoms with Gasteiger partial charge in [-0.15, -0.1) is 0 Å². The lowest BCUT2D eigenvalue weighted by Gasteiger charge is -2.17. The van der Waals surface area contributed by atoms with Crippen LogP contribution in [-0.2, 0) is 9.59 Å². The Morgan fingerprint density at radius 3 is 1.50 bits per heavy atom. The molecule has 0 aromatic carbocycles. The van der Waals surface area contributed by atoms with E-state index in [1.165, 1.54) is 0 Å². The summed E-state index contributed by atoms with van der Waals surface area (Å²) in [5.74, 6) is 0.202. The Morgan fingerprint density at radius 1 is 0.731 bits per heavy atom. The largest absolute Gasteiger partial charge is 0.355 e. The third kappa shape index (κ3) is 17.2. The summed E-state index contributed by atoms with van der Waals surface area (Å²) in [6.45, 7) is 7.14. The van der Waals surface area contributed by atoms with Gasteiger partial charge in [0, 0.05) is 39.0 Å². The number of nitrogens with zero attached hydrogens (tertiary/aromatic N) is 1. The van der Waals surface area contributed by atoms with Crippen LogP contribution in [0.25, 0.3) is 0 Å². The van der Waals surface area contributed by atoms with Crippen molar-refractivity contribution in [2.24, 2.45) is 0 Å². The molecule has 0 aromatic rings. The van der Waals surface area contributed by atoms with Gasteiger partial charge in [0.2, 0.25) is 11.8 Å². The molecule has 2 N–H and O–H groups in total. The van der Waals surface area contributed by atoms with E-state index < -0.39 is 0 Å². The molecular formula is C21H39N3O2. The molecule has 0 saturated carbocycles. The van der Waals surface area contributed by atoms with Crippen molar-refractivity contribution in [2.75, 3.05) is 33.2 Å². The van der Waals surface area contributed by atoms with Crippen LogP contribution in [0.5, 0.6) is 0 Å². The van der Waals surface area contributed by atoms with Gasteiger partial charge in [0.05, 0.1) is 0 Å². The summed E-state index contributed by atoms with van der Waals surface area (Å²) in [5, 5.41) is 5.88. The molecule has 0 spiro atoms. The van der Waals surface area contributed by atoms with Crippen LogP contribution in [0.2, 0.25) is 0 Å². The van der Waals surface area contributed by atoms with E-state index in [1.807, 2.05) is 7.05 Å². The number of hydrogen-bond acceptors (Lipinski definition) is 3. The fourth-order valence-corrected chi connectivity index (χ4v) is 2.29. The molecule has 0 aliphatic carbocycles. The number of nitrogens with one attached hydrogen (secondary N) is 2. The minimum Gasteiger partial charge on any atom is -0.355 e. The third-order valence-electron chi connectivity index (χ3n) is 3.95. The Labute approximate surface area is 160 Å². The zero-order valence-corrected chi connectivity index (χ0v) is 17.1. The lowest BCUT2D eigenvalue weighted by molar-refractivity contribution is -0.121. The van der Waals surface area contributed by atoms with Crippen LogP contribution >= 0.6 is 0 Å². The van der Waals surface area contributed by atoms with E-state index in [9.17, 15) is 9.59 Å². The summed E-state index contributed by atoms with van der Waals surface area (Å²) < 4.78 is 0. The van der Waals surface area contributed by atoms with Crippen molar-refractivity contribution in [3.63, 3.8) is 0 Å². The lowest BCUT2D eigenvalue weighted by atomic mass is 10.2. The first kappa shape index (κ1) is 24.4. The van der Waals surface area contributed by atoms with Gasteiger partial charge in [-0.25, -0.2) is 0 Å². The zero-order valence-electron chi connectivity index (χ0n) is 17.1. The molecule has 0 heterocycles. The van der Waals surface area contributed by atoms with Crippen LogP contribution in [0.4, 0.5) is 0 Å². The van der Waals surface area contributed by atoms with Crippen molar-refractivity contribution in [2.45, 2.75) is 65.2 Å². The first-order chi connectivity index (χ1) is 12.6. The van der Waals surface area contributed by atoms with Crippen molar-refractivity contribution < 1.29 is 9.59 Å². The Kier molecular flexibility index (Phi) is 17.0. The lowest BCUT2D eigenvalue weighted by Crippen LogP contribution is -2.37. The van der Waals surface area contributed by atoms with Crippen LogP contribution in [0.3, 0.4) is 0 Å². The maximum absolute atomic E-state index is 11.7. The molecule has 0 saturated heterocycles. The highest BCUT2D eigenvalue weighted by molar-refractivity contribution is 5.76. The Morgan fingerprint density at radius 2 is 1.12 bits per heavy atom. The highest BCUT2D eigenvalue weighted by atomic mass is 16.2. The van der Waals surface area contributed by atoms with Crippen LogP contribution in [0.15, 0.2) is 24.3 Å². The van der Waals surface area contributed by atoms with E-state index in [-0.39, 0.29) is 11.8 Å². The van der Waals surface area contributed by atoms with E-state index in [1.54, 1.807) is 0 Å². The van der Waals surface area contributed by atoms with Gasteiger partial charge in [0.15, 0.2) is 0 Å². The van der Waals surface area contributed by atoms with Gasteiger partial charge in [-0.3, -0.25) is 9.59 Å². The standard InChI is InChI=1S/C21H39N3O2/c1-4-6-8-10-12-14-20(25)22-16-18-24(3)19-17-23-21(26)15-13-11-9-7-5-2/h8-11H,4-7,12-19H2,1-3H3,(H,22,25)(H,23,26)/b10-8+,11-9+. The molecule has 0 unspecified atom stereocenters. The molecule has 0 radical (unpaired) electrons. The average molecular weight is 366 g/mol. The molecule has 5 nitrogen and oxygen atoms in total. The van der Waals surface area contributed by atoms with Crippen molar-refractivity contribution in [1.82, 2.24) is 15.5 Å². The molecule has 26 heavy (non-hydrogen) atoms. The maximum atomic E-state index is 11.7.